The van der Waals surface area contributed by atoms with E-state index >= 15 is 0 Å². The van der Waals surface area contributed by atoms with Crippen molar-refractivity contribution in [2.45, 2.75) is 82.9 Å². The van der Waals surface area contributed by atoms with E-state index in [1.165, 1.54) is 34.4 Å². The summed E-state index contributed by atoms with van der Waals surface area (Å²) in [6.45, 7) is 5.27. The van der Waals surface area contributed by atoms with Crippen LogP contribution in [-0.2, 0) is 44.4 Å². The zero-order valence-electron chi connectivity index (χ0n) is 38.4. The molecule has 414 valence electrons. The second-order valence-electron chi connectivity index (χ2n) is 15.8. The molecule has 75 heavy (non-hydrogen) atoms. The molecule has 0 radical (unpaired) electrons. The van der Waals surface area contributed by atoms with Crippen molar-refractivity contribution in [3.8, 4) is 11.5 Å². The average molecular weight is 1140 g/mol. The number of anilines is 1. The second-order valence-corrected chi connectivity index (χ2v) is 21.2. The molecule has 1 saturated heterocycles. The molecule has 0 spiro atoms. The van der Waals surface area contributed by atoms with Crippen LogP contribution in [0.15, 0.2) is 64.4 Å². The number of fused-ring (bicyclic) bond motifs is 2. The molecule has 31 heteroatoms. The van der Waals surface area contributed by atoms with E-state index in [0.29, 0.717) is 43.4 Å². The first-order chi connectivity index (χ1) is 34.3. The summed E-state index contributed by atoms with van der Waals surface area (Å²) in [6.07, 6.45) is 8.51. The number of phenols is 1. The van der Waals surface area contributed by atoms with E-state index in [1.54, 1.807) is 13.8 Å². The molecule has 3 aromatic carbocycles. The number of aromatic nitrogens is 2. The maximum Gasteiger partial charge on any atom is 0.517 e. The van der Waals surface area contributed by atoms with Crippen molar-refractivity contribution >= 4 is 69.6 Å². The molecule has 2 saturated carbocycles. The van der Waals surface area contributed by atoms with Gasteiger partial charge in [-0.25, -0.2) is 18.4 Å². The van der Waals surface area contributed by atoms with Gasteiger partial charge in [-0.15, -0.1) is 3.71 Å². The number of rotatable bonds is 11. The molecule has 0 unspecified atom stereocenters. The lowest BCUT2D eigenvalue weighted by molar-refractivity contribution is -0.0462. The van der Waals surface area contributed by atoms with Crippen molar-refractivity contribution in [2.24, 2.45) is 0 Å². The molecular formula is C44H45F10N3O15S3. The van der Waals surface area contributed by atoms with Gasteiger partial charge in [0.1, 0.15) is 16.6 Å². The third-order valence-corrected chi connectivity index (χ3v) is 14.4. The van der Waals surface area contributed by atoms with Gasteiger partial charge in [0, 0.05) is 37.7 Å². The first-order valence-corrected chi connectivity index (χ1v) is 26.1. The monoisotopic (exact) mass is 1140 g/mol. The van der Waals surface area contributed by atoms with Crippen LogP contribution in [0, 0.1) is 23.3 Å². The van der Waals surface area contributed by atoms with Crippen LogP contribution in [0.4, 0.5) is 49.6 Å². The highest BCUT2D eigenvalue weighted by Gasteiger charge is 2.61. The van der Waals surface area contributed by atoms with Gasteiger partial charge in [-0.3, -0.25) is 9.59 Å². The van der Waals surface area contributed by atoms with Gasteiger partial charge in [0.15, 0.2) is 17.4 Å². The van der Waals surface area contributed by atoms with Gasteiger partial charge in [-0.05, 0) is 76.6 Å². The number of hydrogen-bond donors (Lipinski definition) is 1. The molecule has 0 atom stereocenters. The highest BCUT2D eigenvalue weighted by Crippen LogP contribution is 2.43. The van der Waals surface area contributed by atoms with Gasteiger partial charge < -0.3 is 32.6 Å². The predicted octanol–water partition coefficient (Wildman–Crippen LogP) is 8.25. The Morgan fingerprint density at radius 3 is 1.45 bits per heavy atom. The van der Waals surface area contributed by atoms with E-state index in [4.69, 9.17) is 14.2 Å². The molecule has 3 aliphatic rings. The number of nitrogens with zero attached hydrogens (tertiary/aromatic N) is 3. The summed E-state index contributed by atoms with van der Waals surface area (Å²) in [5.41, 5.74) is -16.4. The van der Waals surface area contributed by atoms with Crippen molar-refractivity contribution in [1.29, 1.82) is 0 Å². The van der Waals surface area contributed by atoms with Crippen molar-refractivity contribution in [3.05, 3.63) is 110 Å². The molecule has 2 aliphatic carbocycles. The largest absolute Gasteiger partial charge is 0.517 e. The van der Waals surface area contributed by atoms with Gasteiger partial charge in [-0.1, -0.05) is 25.6 Å². The number of phenolic OH excluding ortho intramolecular Hbond substituents is 1. The summed E-state index contributed by atoms with van der Waals surface area (Å²) in [4.78, 5) is 48.9. The summed E-state index contributed by atoms with van der Waals surface area (Å²) in [5.74, 6) is -9.29. The minimum atomic E-state index is -6.81. The van der Waals surface area contributed by atoms with E-state index in [9.17, 15) is 93.4 Å². The predicted molar refractivity (Wildman–Crippen MR) is 247 cm³/mol. The average Bonchev–Trinajstić information content (AvgIpc) is 4.26. The summed E-state index contributed by atoms with van der Waals surface area (Å²) in [6, 6.07) is 4.92. The third-order valence-electron chi connectivity index (χ3n) is 10.3. The fourth-order valence-electron chi connectivity index (χ4n) is 6.75. The Labute approximate surface area is 420 Å². The van der Waals surface area contributed by atoms with Crippen molar-refractivity contribution in [3.63, 3.8) is 0 Å². The van der Waals surface area contributed by atoms with Crippen molar-refractivity contribution in [2.75, 3.05) is 36.4 Å². The third kappa shape index (κ3) is 13.7. The zero-order valence-corrected chi connectivity index (χ0v) is 40.9. The van der Waals surface area contributed by atoms with Crippen LogP contribution in [0.3, 0.4) is 0 Å². The van der Waals surface area contributed by atoms with E-state index in [1.807, 2.05) is 0 Å². The topological polar surface area (TPSA) is 241 Å². The second kappa shape index (κ2) is 23.6. The van der Waals surface area contributed by atoms with Gasteiger partial charge >= 0.3 is 53.1 Å². The molecular weight excluding hydrogens is 1100 g/mol. The number of sulfonamides is 2. The number of carbonyl (C=O) groups is 2. The Morgan fingerprint density at radius 1 is 0.693 bits per heavy atom. The van der Waals surface area contributed by atoms with Gasteiger partial charge in [0.05, 0.1) is 41.4 Å². The first-order valence-electron chi connectivity index (χ1n) is 21.4. The maximum atomic E-state index is 14.3. The van der Waals surface area contributed by atoms with Gasteiger partial charge in [0.2, 0.25) is 28.2 Å². The number of halogens is 10. The van der Waals surface area contributed by atoms with Crippen LogP contribution in [-0.4, -0.2) is 95.1 Å². The molecule has 18 nitrogen and oxygen atoms in total. The van der Waals surface area contributed by atoms with Crippen LogP contribution in [0.25, 0.3) is 21.8 Å². The number of pyridine rings is 2. The van der Waals surface area contributed by atoms with Crippen LogP contribution >= 0.6 is 0 Å². The Hall–Kier alpha value is -6.47. The Kier molecular flexibility index (Phi) is 19.2. The highest BCUT2D eigenvalue weighted by atomic mass is 32.3. The minimum Gasteiger partial charge on any atom is -0.503 e. The molecule has 8 rings (SSSR count). The number of carbonyl (C=O) groups excluding carboxylic acids is 2. The summed E-state index contributed by atoms with van der Waals surface area (Å²) >= 11 is 0. The lowest BCUT2D eigenvalue weighted by Gasteiger charge is -2.25. The van der Waals surface area contributed by atoms with Gasteiger partial charge in [-0.2, -0.15) is 60.4 Å². The summed E-state index contributed by atoms with van der Waals surface area (Å²) < 4.78 is 218. The fourth-order valence-corrected chi connectivity index (χ4v) is 9.92. The molecule has 0 amide bonds. The standard InChI is InChI=1S/C16H15F2NO6S.C15H13F2NO4.C8H5F6NO4S2.C4H8O.CH4/c1-3-24-16(21)10-7-19(8-4-5-8)13-9(14(10)20)6-11(17)12(18)15(13)25-26(2,22)23;1-2-22-15(21)9-6-18(7-3-4-7)12-8(13(9)19)5-10(16)11(17)14(12)20;9-7(10,11)20(16,17)15(6-4-2-1-3-5-6)21(18,19)8(12,13)14;1-2-4-5-3-1;/h6-8H,3-5H2,1-2H3;5-7,20H,2-4H2,1H3;1-5H;1-4H2;1H4. The Balaban J connectivity index is 0.000000232. The van der Waals surface area contributed by atoms with Crippen LogP contribution < -0.4 is 18.8 Å². The Bertz CT molecular complexity index is 3360. The summed E-state index contributed by atoms with van der Waals surface area (Å²) in [5, 5.41) is 9.26. The number of hydrogen-bond acceptors (Lipinski definition) is 15. The van der Waals surface area contributed by atoms with Gasteiger partial charge in [0.25, 0.3) is 0 Å². The number of esters is 2. The van der Waals surface area contributed by atoms with E-state index in [0.717, 1.165) is 44.3 Å². The number of aromatic hydroxyl groups is 1. The van der Waals surface area contributed by atoms with Crippen LogP contribution in [0.2, 0.25) is 0 Å². The molecule has 3 heterocycles. The quantitative estimate of drug-likeness (QED) is 0.0744. The highest BCUT2D eigenvalue weighted by molar-refractivity contribution is 8.11. The molecule has 1 N–H and O–H groups in total. The Morgan fingerprint density at radius 2 is 1.09 bits per heavy atom. The molecule has 1 aliphatic heterocycles. The number of ether oxygens (including phenoxy) is 3. The number of para-hydroxylation sites is 1. The number of benzene rings is 3. The van der Waals surface area contributed by atoms with Crippen LogP contribution in [0.1, 0.15) is 92.6 Å². The van der Waals surface area contributed by atoms with E-state index in [-0.39, 0.29) is 65.7 Å². The van der Waals surface area contributed by atoms with Crippen LogP contribution in [0.5, 0.6) is 11.5 Å². The maximum absolute atomic E-state index is 14.3. The first kappa shape index (κ1) is 61.1. The normalized spacial score (nSPS) is 14.7. The van der Waals surface area contributed by atoms with E-state index in [2.05, 4.69) is 4.18 Å². The van der Waals surface area contributed by atoms with Crippen molar-refractivity contribution < 1.29 is 102 Å². The SMILES string of the molecule is C.C1CCOC1.CCOC(=O)c1cn(C2CC2)c2c(O)c(F)c(F)cc2c1=O.CCOC(=O)c1cn(C2CC2)c2c(OS(C)(=O)=O)c(F)c(F)cc2c1=O.O=S(=O)(N(c1ccccc1)S(=O)(=O)C(F)(F)F)C(F)(F)F. The smallest absolute Gasteiger partial charge is 0.503 e. The van der Waals surface area contributed by atoms with Crippen molar-refractivity contribution in [1.82, 2.24) is 9.13 Å². The molecule has 5 aromatic rings. The zero-order chi connectivity index (χ0) is 55.5. The lowest BCUT2D eigenvalue weighted by Crippen LogP contribution is -2.49. The molecule has 2 aromatic heterocycles. The molecule has 0 bridgehead atoms. The minimum absolute atomic E-state index is 0. The number of alkyl halides is 6. The molecule has 3 fully saturated rings. The lowest BCUT2D eigenvalue weighted by atomic mass is 10.1. The van der Waals surface area contributed by atoms with E-state index < -0.39 is 108 Å². The summed E-state index contributed by atoms with van der Waals surface area (Å²) in [7, 11) is -17.8. The fraction of sp³-hybridized carbons (Fsp3) is 0.409.